The number of aromatic carboxylic acids is 1. The van der Waals surface area contributed by atoms with E-state index in [0.717, 1.165) is 44.4 Å². The summed E-state index contributed by atoms with van der Waals surface area (Å²) in [6.07, 6.45) is 2.80. The van der Waals surface area contributed by atoms with Gasteiger partial charge in [0.2, 0.25) is 0 Å². The minimum atomic E-state index is -0.943. The molecule has 6 heteroatoms. The van der Waals surface area contributed by atoms with E-state index in [0.29, 0.717) is 5.75 Å². The third kappa shape index (κ3) is 4.58. The second-order valence-corrected chi connectivity index (χ2v) is 6.80. The van der Waals surface area contributed by atoms with Gasteiger partial charge in [0.15, 0.2) is 0 Å². The fraction of sp³-hybridized carbons (Fsp3) is 0.350. The maximum Gasteiger partial charge on any atom is 0.339 e. The van der Waals surface area contributed by atoms with Crippen LogP contribution in [0, 0.1) is 0 Å². The number of carboxylic acids is 1. The number of likely N-dealkylation sites (tertiary alicyclic amines) is 1. The smallest absolute Gasteiger partial charge is 0.339 e. The van der Waals surface area contributed by atoms with E-state index in [-0.39, 0.29) is 17.4 Å². The van der Waals surface area contributed by atoms with E-state index in [9.17, 15) is 15.0 Å². The van der Waals surface area contributed by atoms with Crippen molar-refractivity contribution < 1.29 is 19.7 Å². The molecular formula is C20H24BNO4. The number of carboxylic acid groups (broad SMARTS) is 1. The lowest BCUT2D eigenvalue weighted by molar-refractivity contribution is 0.0198. The molecule has 136 valence electrons. The lowest BCUT2D eigenvalue weighted by Gasteiger charge is -2.39. The number of ether oxygens (including phenoxy) is 1. The molecule has 1 aliphatic rings. The van der Waals surface area contributed by atoms with Crippen LogP contribution in [0.4, 0.5) is 0 Å². The van der Waals surface area contributed by atoms with Gasteiger partial charge in [0, 0.05) is 19.6 Å². The zero-order valence-corrected chi connectivity index (χ0v) is 15.0. The van der Waals surface area contributed by atoms with Crippen LogP contribution in [0.15, 0.2) is 42.5 Å². The van der Waals surface area contributed by atoms with Crippen molar-refractivity contribution in [3.05, 3.63) is 59.2 Å². The Bertz CT molecular complexity index is 757. The highest BCUT2D eigenvalue weighted by molar-refractivity contribution is 6.08. The number of hydrogen-bond acceptors (Lipinski definition) is 4. The molecule has 1 aliphatic heterocycles. The molecule has 0 atom stereocenters. The number of hydrogen-bond donors (Lipinski definition) is 2. The van der Waals surface area contributed by atoms with Crippen molar-refractivity contribution in [2.24, 2.45) is 0 Å². The van der Waals surface area contributed by atoms with Crippen molar-refractivity contribution in [3.8, 4) is 11.5 Å². The predicted octanol–water partition coefficient (Wildman–Crippen LogP) is 1.99. The summed E-state index contributed by atoms with van der Waals surface area (Å²) in [5.41, 5.74) is 2.46. The van der Waals surface area contributed by atoms with Crippen molar-refractivity contribution in [2.75, 3.05) is 19.6 Å². The summed E-state index contributed by atoms with van der Waals surface area (Å²) in [5.74, 6) is -0.202. The summed E-state index contributed by atoms with van der Waals surface area (Å²) in [5, 5.41) is 18.7. The Hall–Kier alpha value is -2.47. The monoisotopic (exact) mass is 353 g/mol. The molecule has 1 heterocycles. The van der Waals surface area contributed by atoms with Gasteiger partial charge in [-0.3, -0.25) is 4.90 Å². The first-order chi connectivity index (χ1) is 12.5. The van der Waals surface area contributed by atoms with Gasteiger partial charge < -0.3 is 14.9 Å². The van der Waals surface area contributed by atoms with Crippen LogP contribution in [0.25, 0.3) is 0 Å². The molecule has 0 saturated carbocycles. The van der Waals surface area contributed by atoms with Gasteiger partial charge in [0.25, 0.3) is 0 Å². The topological polar surface area (TPSA) is 70.0 Å². The van der Waals surface area contributed by atoms with E-state index in [1.165, 1.54) is 5.56 Å². The summed E-state index contributed by atoms with van der Waals surface area (Å²) < 4.78 is 5.92. The Balaban J connectivity index is 1.50. The number of phenols is 1. The number of aromatic hydroxyl groups is 1. The van der Waals surface area contributed by atoms with E-state index < -0.39 is 5.97 Å². The Morgan fingerprint density at radius 2 is 1.81 bits per heavy atom. The lowest BCUT2D eigenvalue weighted by atomic mass is 9.96. The normalized spacial score (nSPS) is 14.8. The summed E-state index contributed by atoms with van der Waals surface area (Å²) in [6, 6.07) is 12.7. The fourth-order valence-corrected chi connectivity index (χ4v) is 3.20. The molecule has 0 radical (unpaired) electrons. The lowest BCUT2D eigenvalue weighted by Crippen LogP contribution is -2.54. The van der Waals surface area contributed by atoms with Gasteiger partial charge in [0.1, 0.15) is 31.0 Å². The first-order valence-electron chi connectivity index (χ1n) is 9.08. The molecule has 0 aliphatic carbocycles. The summed E-state index contributed by atoms with van der Waals surface area (Å²) in [4.78, 5) is 13.8. The molecule has 1 fully saturated rings. The quantitative estimate of drug-likeness (QED) is 0.711. The van der Waals surface area contributed by atoms with Crippen LogP contribution in [0.3, 0.4) is 0 Å². The Morgan fingerprint density at radius 3 is 2.46 bits per heavy atom. The van der Waals surface area contributed by atoms with Gasteiger partial charge in [0.05, 0.1) is 0 Å². The molecule has 0 unspecified atom stereocenters. The number of nitrogens with zero attached hydrogens (tertiary/aromatic N) is 1. The second kappa shape index (κ2) is 8.28. The van der Waals surface area contributed by atoms with E-state index in [4.69, 9.17) is 4.74 Å². The maximum atomic E-state index is 11.5. The average Bonchev–Trinajstić information content (AvgIpc) is 2.59. The minimum Gasteiger partial charge on any atom is -0.508 e. The van der Waals surface area contributed by atoms with Crippen LogP contribution in [-0.4, -0.2) is 54.7 Å². The van der Waals surface area contributed by atoms with Crippen molar-refractivity contribution >= 4 is 13.8 Å². The van der Waals surface area contributed by atoms with Gasteiger partial charge in [-0.15, -0.1) is 0 Å². The average molecular weight is 353 g/mol. The molecule has 0 bridgehead atoms. The van der Waals surface area contributed by atoms with E-state index in [1.54, 1.807) is 24.3 Å². The zero-order valence-electron chi connectivity index (χ0n) is 15.0. The van der Waals surface area contributed by atoms with Gasteiger partial charge in [-0.2, -0.15) is 0 Å². The van der Waals surface area contributed by atoms with Gasteiger partial charge in [-0.1, -0.05) is 24.5 Å². The van der Waals surface area contributed by atoms with Crippen LogP contribution < -0.4 is 4.74 Å². The number of rotatable bonds is 8. The van der Waals surface area contributed by atoms with E-state index in [1.807, 2.05) is 18.2 Å². The van der Waals surface area contributed by atoms with Crippen molar-refractivity contribution in [1.29, 1.82) is 0 Å². The zero-order chi connectivity index (χ0) is 18.5. The third-order valence-electron chi connectivity index (χ3n) is 4.68. The number of carbonyl (C=O) groups is 1. The Morgan fingerprint density at radius 1 is 1.12 bits per heavy atom. The van der Waals surface area contributed by atoms with E-state index in [2.05, 4.69) is 12.7 Å². The minimum absolute atomic E-state index is 0.0324. The number of aryl methyl sites for hydroxylation is 1. The van der Waals surface area contributed by atoms with Gasteiger partial charge in [-0.05, 0) is 48.2 Å². The standard InChI is InChI=1S/C20H24BNO4/c21-9-7-15-3-6-19(18(11-15)20(24)25)26-17-12-22(13-17)10-8-14-1-4-16(23)5-2-14/h1-6,11,17,23H,7-10,12-13,21H2,(H,24,25). The largest absolute Gasteiger partial charge is 0.508 e. The van der Waals surface area contributed by atoms with Crippen molar-refractivity contribution in [3.63, 3.8) is 0 Å². The van der Waals surface area contributed by atoms with Crippen molar-refractivity contribution in [1.82, 2.24) is 4.90 Å². The van der Waals surface area contributed by atoms with E-state index >= 15 is 0 Å². The van der Waals surface area contributed by atoms with Gasteiger partial charge >= 0.3 is 5.97 Å². The summed E-state index contributed by atoms with van der Waals surface area (Å²) in [7, 11) is 2.08. The molecule has 1 saturated heterocycles. The molecular weight excluding hydrogens is 329 g/mol. The molecule has 2 aromatic rings. The Kier molecular flexibility index (Phi) is 5.83. The molecule has 3 rings (SSSR count). The van der Waals surface area contributed by atoms with Crippen LogP contribution in [-0.2, 0) is 12.8 Å². The predicted molar refractivity (Wildman–Crippen MR) is 103 cm³/mol. The van der Waals surface area contributed by atoms with Gasteiger partial charge in [-0.25, -0.2) is 4.79 Å². The van der Waals surface area contributed by atoms with Crippen LogP contribution in [0.2, 0.25) is 6.32 Å². The molecule has 2 N–H and O–H groups in total. The molecule has 5 nitrogen and oxygen atoms in total. The van der Waals surface area contributed by atoms with Crippen molar-refractivity contribution in [2.45, 2.75) is 25.3 Å². The maximum absolute atomic E-state index is 11.5. The van der Waals surface area contributed by atoms with Crippen LogP contribution in [0.1, 0.15) is 21.5 Å². The summed E-state index contributed by atoms with van der Waals surface area (Å²) >= 11 is 0. The third-order valence-corrected chi connectivity index (χ3v) is 4.68. The SMILES string of the molecule is BCCc1ccc(OC2CN(CCc3ccc(O)cc3)C2)c(C(=O)O)c1. The molecule has 2 aromatic carbocycles. The first kappa shape index (κ1) is 18.3. The van der Waals surface area contributed by atoms with Crippen LogP contribution in [0.5, 0.6) is 11.5 Å². The summed E-state index contributed by atoms with van der Waals surface area (Å²) in [6.45, 7) is 2.52. The fourth-order valence-electron chi connectivity index (χ4n) is 3.20. The molecule has 0 amide bonds. The Labute approximate surface area is 154 Å². The number of phenolic OH excluding ortho intramolecular Hbond substituents is 1. The highest BCUT2D eigenvalue weighted by Crippen LogP contribution is 2.25. The van der Waals surface area contributed by atoms with Crippen LogP contribution >= 0.6 is 0 Å². The first-order valence-corrected chi connectivity index (χ1v) is 9.08. The molecule has 26 heavy (non-hydrogen) atoms. The second-order valence-electron chi connectivity index (χ2n) is 6.80. The highest BCUT2D eigenvalue weighted by Gasteiger charge is 2.29. The molecule has 0 aromatic heterocycles. The highest BCUT2D eigenvalue weighted by atomic mass is 16.5. The molecule has 0 spiro atoms. The number of benzene rings is 2.